The van der Waals surface area contributed by atoms with Gasteiger partial charge in [0.25, 0.3) is 0 Å². The zero-order valence-electron chi connectivity index (χ0n) is 12.7. The van der Waals surface area contributed by atoms with Gasteiger partial charge in [0.05, 0.1) is 0 Å². The number of rotatable bonds is 6. The quantitative estimate of drug-likeness (QED) is 0.803. The fourth-order valence-electron chi connectivity index (χ4n) is 2.48. The van der Waals surface area contributed by atoms with E-state index in [0.717, 1.165) is 13.1 Å². The van der Waals surface area contributed by atoms with E-state index < -0.39 is 0 Å². The summed E-state index contributed by atoms with van der Waals surface area (Å²) in [6.07, 6.45) is 1.23. The van der Waals surface area contributed by atoms with Crippen LogP contribution in [0.3, 0.4) is 0 Å². The number of likely N-dealkylation sites (N-methyl/N-ethyl adjacent to an activating group) is 1. The number of nitrogens with zero attached hydrogens (tertiary/aromatic N) is 2. The average Bonchev–Trinajstić information content (AvgIpc) is 2.44. The fourth-order valence-corrected chi connectivity index (χ4v) is 2.90. The van der Waals surface area contributed by atoms with Crippen molar-refractivity contribution in [2.75, 3.05) is 46.3 Å². The minimum absolute atomic E-state index is 0.960. The van der Waals surface area contributed by atoms with Crippen molar-refractivity contribution < 1.29 is 0 Å². The Hall–Kier alpha value is -0.420. The molecule has 3 nitrogen and oxygen atoms in total. The van der Waals surface area contributed by atoms with Crippen LogP contribution in [0.4, 0.5) is 0 Å². The van der Waals surface area contributed by atoms with Crippen molar-refractivity contribution in [1.29, 1.82) is 0 Å². The fraction of sp³-hybridized carbons (Fsp3) is 0.625. The molecular formula is C16H26BrN3. The molecule has 0 aliphatic carbocycles. The van der Waals surface area contributed by atoms with Crippen LogP contribution in [0.1, 0.15) is 17.5 Å². The van der Waals surface area contributed by atoms with Gasteiger partial charge in [-0.05, 0) is 50.7 Å². The van der Waals surface area contributed by atoms with Crippen molar-refractivity contribution in [3.05, 3.63) is 33.8 Å². The highest BCUT2D eigenvalue weighted by atomic mass is 79.9. The first-order chi connectivity index (χ1) is 9.65. The summed E-state index contributed by atoms with van der Waals surface area (Å²) in [6, 6.07) is 6.59. The van der Waals surface area contributed by atoms with Crippen molar-refractivity contribution in [3.63, 3.8) is 0 Å². The first-order valence-corrected chi connectivity index (χ1v) is 8.31. The van der Waals surface area contributed by atoms with Gasteiger partial charge in [-0.25, -0.2) is 0 Å². The van der Waals surface area contributed by atoms with Gasteiger partial charge in [-0.3, -0.25) is 0 Å². The van der Waals surface area contributed by atoms with E-state index in [1.54, 1.807) is 0 Å². The Morgan fingerprint density at radius 1 is 1.20 bits per heavy atom. The lowest BCUT2D eigenvalue weighted by Gasteiger charge is -2.32. The second kappa shape index (κ2) is 8.13. The molecule has 1 heterocycles. The number of halogens is 1. The summed E-state index contributed by atoms with van der Waals surface area (Å²) in [5, 5.41) is 3.54. The van der Waals surface area contributed by atoms with Crippen LogP contribution in [-0.2, 0) is 6.54 Å². The van der Waals surface area contributed by atoms with E-state index >= 15 is 0 Å². The van der Waals surface area contributed by atoms with Gasteiger partial charge < -0.3 is 15.1 Å². The van der Waals surface area contributed by atoms with Crippen LogP contribution < -0.4 is 5.32 Å². The van der Waals surface area contributed by atoms with Gasteiger partial charge in [0.1, 0.15) is 0 Å². The van der Waals surface area contributed by atoms with Gasteiger partial charge in [0, 0.05) is 37.2 Å². The number of hydrogen-bond donors (Lipinski definition) is 1. The molecule has 20 heavy (non-hydrogen) atoms. The number of nitrogens with one attached hydrogen (secondary N) is 1. The van der Waals surface area contributed by atoms with E-state index in [-0.39, 0.29) is 0 Å². The van der Waals surface area contributed by atoms with E-state index in [1.807, 2.05) is 0 Å². The molecule has 0 spiro atoms. The number of aryl methyl sites for hydroxylation is 1. The molecule has 0 radical (unpaired) electrons. The van der Waals surface area contributed by atoms with Crippen LogP contribution in [-0.4, -0.2) is 56.1 Å². The Morgan fingerprint density at radius 3 is 2.65 bits per heavy atom. The average molecular weight is 340 g/mol. The van der Waals surface area contributed by atoms with Crippen LogP contribution in [0, 0.1) is 6.92 Å². The van der Waals surface area contributed by atoms with Gasteiger partial charge in [-0.2, -0.15) is 0 Å². The lowest BCUT2D eigenvalue weighted by atomic mass is 10.1. The van der Waals surface area contributed by atoms with Crippen molar-refractivity contribution in [2.45, 2.75) is 19.9 Å². The molecule has 1 aliphatic rings. The van der Waals surface area contributed by atoms with Crippen LogP contribution >= 0.6 is 15.9 Å². The molecule has 112 valence electrons. The molecule has 2 rings (SSSR count). The predicted molar refractivity (Wildman–Crippen MR) is 89.1 cm³/mol. The lowest BCUT2D eigenvalue weighted by Crippen LogP contribution is -2.45. The summed E-state index contributed by atoms with van der Waals surface area (Å²) in [5.74, 6) is 0. The van der Waals surface area contributed by atoms with E-state index in [1.165, 1.54) is 54.7 Å². The number of benzene rings is 1. The molecule has 4 heteroatoms. The first kappa shape index (κ1) is 16.0. The Labute approximate surface area is 131 Å². The standard InChI is InChI=1S/C16H26BrN3/c1-14-4-5-15(12-16(14)17)13-18-6-3-7-20-10-8-19(2)9-11-20/h4-5,12,18H,3,6-11,13H2,1-2H3. The summed E-state index contributed by atoms with van der Waals surface area (Å²) in [6.45, 7) is 10.3. The Balaban J connectivity index is 1.58. The van der Waals surface area contributed by atoms with Crippen LogP contribution in [0.5, 0.6) is 0 Å². The van der Waals surface area contributed by atoms with E-state index in [0.29, 0.717) is 0 Å². The third-order valence-corrected chi connectivity index (χ3v) is 4.84. The Kier molecular flexibility index (Phi) is 6.49. The number of piperazine rings is 1. The second-order valence-electron chi connectivity index (χ2n) is 5.76. The minimum atomic E-state index is 0.960. The molecular weight excluding hydrogens is 314 g/mol. The maximum Gasteiger partial charge on any atom is 0.0207 e. The van der Waals surface area contributed by atoms with Crippen LogP contribution in [0.25, 0.3) is 0 Å². The van der Waals surface area contributed by atoms with Crippen molar-refractivity contribution in [2.24, 2.45) is 0 Å². The topological polar surface area (TPSA) is 18.5 Å². The summed E-state index contributed by atoms with van der Waals surface area (Å²) in [7, 11) is 2.21. The molecule has 1 fully saturated rings. The van der Waals surface area contributed by atoms with Crippen LogP contribution in [0.2, 0.25) is 0 Å². The van der Waals surface area contributed by atoms with Crippen LogP contribution in [0.15, 0.2) is 22.7 Å². The first-order valence-electron chi connectivity index (χ1n) is 7.52. The lowest BCUT2D eigenvalue weighted by molar-refractivity contribution is 0.153. The number of hydrogen-bond acceptors (Lipinski definition) is 3. The molecule has 0 aromatic heterocycles. The zero-order valence-corrected chi connectivity index (χ0v) is 14.2. The van der Waals surface area contributed by atoms with E-state index in [2.05, 4.69) is 63.2 Å². The van der Waals surface area contributed by atoms with Gasteiger partial charge in [-0.15, -0.1) is 0 Å². The maximum absolute atomic E-state index is 3.59. The van der Waals surface area contributed by atoms with E-state index in [9.17, 15) is 0 Å². The molecule has 1 aromatic rings. The smallest absolute Gasteiger partial charge is 0.0207 e. The van der Waals surface area contributed by atoms with Gasteiger partial charge in [-0.1, -0.05) is 28.1 Å². The predicted octanol–water partition coefficient (Wildman–Crippen LogP) is 2.48. The monoisotopic (exact) mass is 339 g/mol. The highest BCUT2D eigenvalue weighted by molar-refractivity contribution is 9.10. The Bertz CT molecular complexity index is 414. The highest BCUT2D eigenvalue weighted by Gasteiger charge is 2.12. The largest absolute Gasteiger partial charge is 0.313 e. The maximum atomic E-state index is 3.59. The van der Waals surface area contributed by atoms with Crippen molar-refractivity contribution in [3.8, 4) is 0 Å². The Morgan fingerprint density at radius 2 is 1.95 bits per heavy atom. The molecule has 0 atom stereocenters. The zero-order chi connectivity index (χ0) is 14.4. The summed E-state index contributed by atoms with van der Waals surface area (Å²) in [4.78, 5) is 4.98. The van der Waals surface area contributed by atoms with E-state index in [4.69, 9.17) is 0 Å². The summed E-state index contributed by atoms with van der Waals surface area (Å²) >= 11 is 3.59. The third kappa shape index (κ3) is 5.17. The molecule has 0 amide bonds. The highest BCUT2D eigenvalue weighted by Crippen LogP contribution is 2.17. The third-order valence-electron chi connectivity index (χ3n) is 3.99. The van der Waals surface area contributed by atoms with Gasteiger partial charge in [0.2, 0.25) is 0 Å². The van der Waals surface area contributed by atoms with Crippen molar-refractivity contribution in [1.82, 2.24) is 15.1 Å². The van der Waals surface area contributed by atoms with Gasteiger partial charge >= 0.3 is 0 Å². The summed E-state index contributed by atoms with van der Waals surface area (Å²) < 4.78 is 1.20. The molecule has 1 aromatic carbocycles. The molecule has 1 aliphatic heterocycles. The normalized spacial score (nSPS) is 17.6. The second-order valence-corrected chi connectivity index (χ2v) is 6.61. The SMILES string of the molecule is Cc1ccc(CNCCCN2CCN(C)CC2)cc1Br. The minimum Gasteiger partial charge on any atom is -0.313 e. The molecule has 1 N–H and O–H groups in total. The summed E-state index contributed by atoms with van der Waals surface area (Å²) in [5.41, 5.74) is 2.64. The molecule has 1 saturated heterocycles. The van der Waals surface area contributed by atoms with Gasteiger partial charge in [0.15, 0.2) is 0 Å². The van der Waals surface area contributed by atoms with Crippen molar-refractivity contribution >= 4 is 15.9 Å². The molecule has 0 unspecified atom stereocenters. The molecule has 0 saturated carbocycles. The molecule has 0 bridgehead atoms.